The first-order valence-electron chi connectivity index (χ1n) is 9.43. The fraction of sp³-hybridized carbons (Fsp3) is 0.667. The maximum absolute atomic E-state index is 12.4. The summed E-state index contributed by atoms with van der Waals surface area (Å²) >= 11 is 0. The summed E-state index contributed by atoms with van der Waals surface area (Å²) in [6.07, 6.45) is 6.56. The van der Waals surface area contributed by atoms with Crippen molar-refractivity contribution in [2.75, 3.05) is 20.6 Å². The Morgan fingerprint density at radius 1 is 1.08 bits per heavy atom. The summed E-state index contributed by atoms with van der Waals surface area (Å²) in [5.74, 6) is 0.268. The van der Waals surface area contributed by atoms with Gasteiger partial charge in [-0.3, -0.25) is 0 Å². The van der Waals surface area contributed by atoms with Crippen molar-refractivity contribution in [3.8, 4) is 0 Å². The van der Waals surface area contributed by atoms with Crippen LogP contribution in [0.25, 0.3) is 0 Å². The lowest BCUT2D eigenvalue weighted by Crippen LogP contribution is -3.00. The molecule has 0 aromatic heterocycles. The van der Waals surface area contributed by atoms with Crippen LogP contribution in [0.2, 0.25) is 0 Å². The summed E-state index contributed by atoms with van der Waals surface area (Å²) in [4.78, 5) is 12.4. The van der Waals surface area contributed by atoms with Crippen molar-refractivity contribution in [3.63, 3.8) is 0 Å². The van der Waals surface area contributed by atoms with Gasteiger partial charge in [-0.25, -0.2) is 4.79 Å². The van der Waals surface area contributed by atoms with Gasteiger partial charge in [0.25, 0.3) is 0 Å². The molecule has 0 amide bonds. The predicted molar refractivity (Wildman–Crippen MR) is 99.3 cm³/mol. The van der Waals surface area contributed by atoms with E-state index in [-0.39, 0.29) is 36.0 Å². The van der Waals surface area contributed by atoms with Crippen molar-refractivity contribution in [1.29, 1.82) is 0 Å². The molecule has 0 N–H and O–H groups in total. The summed E-state index contributed by atoms with van der Waals surface area (Å²) < 4.78 is 6.65. The Bertz CT molecular complexity index is 533. The zero-order valence-electron chi connectivity index (χ0n) is 16.4. The molecule has 1 atom stereocenters. The molecule has 3 nitrogen and oxygen atoms in total. The Morgan fingerprint density at radius 3 is 2.16 bits per heavy atom. The van der Waals surface area contributed by atoms with Crippen LogP contribution >= 0.6 is 0 Å². The normalized spacial score (nSPS) is 17.0. The average molecular weight is 459 g/mol. The fourth-order valence-corrected chi connectivity index (χ4v) is 3.88. The summed E-state index contributed by atoms with van der Waals surface area (Å²) in [5, 5.41) is 0. The van der Waals surface area contributed by atoms with Crippen LogP contribution in [0.5, 0.6) is 0 Å². The van der Waals surface area contributed by atoms with Gasteiger partial charge in [0.05, 0.1) is 25.7 Å². The third-order valence-electron chi connectivity index (χ3n) is 5.41. The van der Waals surface area contributed by atoms with Crippen LogP contribution in [0.1, 0.15) is 74.7 Å². The highest BCUT2D eigenvalue weighted by Gasteiger charge is 2.32. The summed E-state index contributed by atoms with van der Waals surface area (Å²) in [7, 11) is 4.55. The standard InChI is InChI=1S/C21H34NO2.HI/c1-16(2)18-11-13-19(14-12-18)21(23)24-17(3)15-22(4,5)20-9-7-6-8-10-20;/h11-14,16-17,20H,6-10,15H2,1-5H3;1H/q+1;/p-1. The smallest absolute Gasteiger partial charge is 0.338 e. The van der Waals surface area contributed by atoms with E-state index in [1.165, 1.54) is 37.7 Å². The number of esters is 1. The lowest BCUT2D eigenvalue weighted by Gasteiger charge is -2.41. The van der Waals surface area contributed by atoms with Crippen LogP contribution in [0.3, 0.4) is 0 Å². The number of halogens is 1. The predicted octanol–water partition coefficient (Wildman–Crippen LogP) is 1.77. The van der Waals surface area contributed by atoms with Crippen LogP contribution in [-0.4, -0.2) is 43.2 Å². The molecule has 1 aromatic carbocycles. The van der Waals surface area contributed by atoms with Gasteiger partial charge >= 0.3 is 5.97 Å². The second-order valence-electron chi connectivity index (χ2n) is 8.25. The Hall–Kier alpha value is -0.620. The SMILES string of the molecule is CC(C[N+](C)(C)C1CCCCC1)OC(=O)c1ccc(C(C)C)cc1.[I-]. The second kappa shape index (κ2) is 9.91. The topological polar surface area (TPSA) is 26.3 Å². The highest BCUT2D eigenvalue weighted by atomic mass is 127. The number of hydrogen-bond donors (Lipinski definition) is 0. The van der Waals surface area contributed by atoms with Gasteiger partial charge in [0.15, 0.2) is 0 Å². The number of carbonyl (C=O) groups is 1. The van der Waals surface area contributed by atoms with Crippen molar-refractivity contribution in [3.05, 3.63) is 35.4 Å². The number of rotatable bonds is 6. The molecule has 1 unspecified atom stereocenters. The molecular weight excluding hydrogens is 425 g/mol. The van der Waals surface area contributed by atoms with Crippen LogP contribution in [0.4, 0.5) is 0 Å². The zero-order chi connectivity index (χ0) is 17.7. The first-order valence-corrected chi connectivity index (χ1v) is 9.43. The van der Waals surface area contributed by atoms with E-state index in [1.54, 1.807) is 0 Å². The number of quaternary nitrogens is 1. The number of ether oxygens (including phenoxy) is 1. The third kappa shape index (κ3) is 6.55. The molecule has 0 radical (unpaired) electrons. The molecule has 1 aliphatic rings. The van der Waals surface area contributed by atoms with Crippen molar-refractivity contribution in [1.82, 2.24) is 0 Å². The van der Waals surface area contributed by atoms with Crippen LogP contribution in [0.15, 0.2) is 24.3 Å². The molecule has 2 rings (SSSR count). The second-order valence-corrected chi connectivity index (χ2v) is 8.25. The van der Waals surface area contributed by atoms with Gasteiger partial charge in [0, 0.05) is 0 Å². The minimum Gasteiger partial charge on any atom is -1.00 e. The molecule has 0 bridgehead atoms. The summed E-state index contributed by atoms with van der Waals surface area (Å²) in [5.41, 5.74) is 1.89. The van der Waals surface area contributed by atoms with E-state index in [0.29, 0.717) is 17.5 Å². The first kappa shape index (κ1) is 22.4. The number of likely N-dealkylation sites (N-methyl/N-ethyl adjacent to an activating group) is 1. The summed E-state index contributed by atoms with van der Waals surface area (Å²) in [6, 6.07) is 8.50. The molecule has 1 aliphatic carbocycles. The molecule has 0 saturated heterocycles. The van der Waals surface area contributed by atoms with Gasteiger partial charge in [-0.2, -0.15) is 0 Å². The van der Waals surface area contributed by atoms with E-state index in [9.17, 15) is 4.79 Å². The monoisotopic (exact) mass is 459 g/mol. The number of hydrogen-bond acceptors (Lipinski definition) is 2. The van der Waals surface area contributed by atoms with Gasteiger partial charge in [-0.15, -0.1) is 0 Å². The van der Waals surface area contributed by atoms with Gasteiger partial charge < -0.3 is 33.2 Å². The van der Waals surface area contributed by atoms with Crippen LogP contribution in [0, 0.1) is 0 Å². The lowest BCUT2D eigenvalue weighted by atomic mass is 9.93. The molecule has 25 heavy (non-hydrogen) atoms. The van der Waals surface area contributed by atoms with Crippen molar-refractivity contribution in [2.45, 2.75) is 70.9 Å². The lowest BCUT2D eigenvalue weighted by molar-refractivity contribution is -0.918. The van der Waals surface area contributed by atoms with E-state index in [2.05, 4.69) is 27.9 Å². The van der Waals surface area contributed by atoms with Gasteiger partial charge in [0.2, 0.25) is 0 Å². The largest absolute Gasteiger partial charge is 1.00 e. The number of nitrogens with zero attached hydrogens (tertiary/aromatic N) is 1. The van der Waals surface area contributed by atoms with E-state index < -0.39 is 0 Å². The molecular formula is C21H34INO2. The average Bonchev–Trinajstić information content (AvgIpc) is 2.55. The van der Waals surface area contributed by atoms with E-state index in [1.807, 2.05) is 31.2 Å². The van der Waals surface area contributed by atoms with E-state index in [4.69, 9.17) is 4.74 Å². The van der Waals surface area contributed by atoms with E-state index in [0.717, 1.165) is 11.0 Å². The molecule has 142 valence electrons. The van der Waals surface area contributed by atoms with E-state index >= 15 is 0 Å². The Balaban J connectivity index is 0.00000312. The molecule has 1 saturated carbocycles. The molecule has 0 heterocycles. The highest BCUT2D eigenvalue weighted by molar-refractivity contribution is 5.89. The van der Waals surface area contributed by atoms with Crippen molar-refractivity contribution in [2.24, 2.45) is 0 Å². The van der Waals surface area contributed by atoms with Crippen molar-refractivity contribution >= 4 is 5.97 Å². The summed E-state index contributed by atoms with van der Waals surface area (Å²) in [6.45, 7) is 7.20. The van der Waals surface area contributed by atoms with Gasteiger partial charge in [-0.1, -0.05) is 32.4 Å². The molecule has 4 heteroatoms. The Kier molecular flexibility index (Phi) is 8.89. The molecule has 0 spiro atoms. The van der Waals surface area contributed by atoms with Crippen LogP contribution in [-0.2, 0) is 4.74 Å². The Labute approximate surface area is 170 Å². The highest BCUT2D eigenvalue weighted by Crippen LogP contribution is 2.26. The molecule has 0 aliphatic heterocycles. The first-order chi connectivity index (χ1) is 11.3. The van der Waals surface area contributed by atoms with Crippen LogP contribution < -0.4 is 24.0 Å². The number of benzene rings is 1. The zero-order valence-corrected chi connectivity index (χ0v) is 18.6. The maximum Gasteiger partial charge on any atom is 0.338 e. The van der Waals surface area contributed by atoms with Gasteiger partial charge in [-0.05, 0) is 56.2 Å². The maximum atomic E-state index is 12.4. The third-order valence-corrected chi connectivity index (χ3v) is 5.41. The Morgan fingerprint density at radius 2 is 1.64 bits per heavy atom. The van der Waals surface area contributed by atoms with Gasteiger partial charge in [0.1, 0.15) is 12.6 Å². The quantitative estimate of drug-likeness (QED) is 0.368. The minimum absolute atomic E-state index is 0. The molecule has 1 aromatic rings. The molecule has 1 fully saturated rings. The fourth-order valence-electron chi connectivity index (χ4n) is 3.88. The minimum atomic E-state index is -0.207. The van der Waals surface area contributed by atoms with Crippen molar-refractivity contribution < 1.29 is 38.0 Å². The number of carbonyl (C=O) groups excluding carboxylic acids is 1.